The summed E-state index contributed by atoms with van der Waals surface area (Å²) in [5.74, 6) is 1.96. The van der Waals surface area contributed by atoms with E-state index in [0.29, 0.717) is 17.2 Å². The molecule has 1 atom stereocenters. The van der Waals surface area contributed by atoms with Crippen molar-refractivity contribution in [3.05, 3.63) is 53.1 Å². The second kappa shape index (κ2) is 7.88. The minimum absolute atomic E-state index is 0.157. The van der Waals surface area contributed by atoms with Gasteiger partial charge in [0.2, 0.25) is 5.75 Å². The monoisotopic (exact) mass is 315 g/mol. The van der Waals surface area contributed by atoms with Gasteiger partial charge in [-0.3, -0.25) is 0 Å². The number of hydrogen-bond acceptors (Lipinski definition) is 4. The predicted molar refractivity (Wildman–Crippen MR) is 92.5 cm³/mol. The Morgan fingerprint density at radius 3 is 2.13 bits per heavy atom. The van der Waals surface area contributed by atoms with Crippen LogP contribution in [0.25, 0.3) is 0 Å². The molecule has 0 aromatic heterocycles. The molecule has 0 aliphatic carbocycles. The molecule has 23 heavy (non-hydrogen) atoms. The maximum atomic E-state index is 5.42. The zero-order chi connectivity index (χ0) is 16.8. The Bertz CT molecular complexity index is 630. The van der Waals surface area contributed by atoms with Crippen LogP contribution < -0.4 is 19.5 Å². The summed E-state index contributed by atoms with van der Waals surface area (Å²) in [6, 6.07) is 12.6. The molecule has 124 valence electrons. The fraction of sp³-hybridized carbons (Fsp3) is 0.368. The van der Waals surface area contributed by atoms with E-state index < -0.39 is 0 Å². The first-order valence-electron chi connectivity index (χ1n) is 7.67. The van der Waals surface area contributed by atoms with Crippen LogP contribution in [0.2, 0.25) is 0 Å². The number of rotatable bonds is 7. The van der Waals surface area contributed by atoms with Gasteiger partial charge in [0, 0.05) is 12.6 Å². The van der Waals surface area contributed by atoms with E-state index in [9.17, 15) is 0 Å². The largest absolute Gasteiger partial charge is 0.493 e. The van der Waals surface area contributed by atoms with Gasteiger partial charge >= 0.3 is 0 Å². The van der Waals surface area contributed by atoms with Gasteiger partial charge in [-0.25, -0.2) is 0 Å². The summed E-state index contributed by atoms with van der Waals surface area (Å²) in [4.78, 5) is 0. The molecule has 0 saturated carbocycles. The van der Waals surface area contributed by atoms with Gasteiger partial charge in [0.25, 0.3) is 0 Å². The van der Waals surface area contributed by atoms with Crippen LogP contribution in [0.3, 0.4) is 0 Å². The third-order valence-corrected chi connectivity index (χ3v) is 3.88. The van der Waals surface area contributed by atoms with Crippen molar-refractivity contribution in [1.82, 2.24) is 5.32 Å². The van der Waals surface area contributed by atoms with Crippen LogP contribution >= 0.6 is 0 Å². The molecule has 0 saturated heterocycles. The number of methoxy groups -OCH3 is 3. The summed E-state index contributed by atoms with van der Waals surface area (Å²) in [6.07, 6.45) is 0. The fourth-order valence-corrected chi connectivity index (χ4v) is 2.56. The molecule has 0 radical (unpaired) electrons. The first-order valence-corrected chi connectivity index (χ1v) is 7.67. The molecular formula is C19H25NO3. The summed E-state index contributed by atoms with van der Waals surface area (Å²) in [6.45, 7) is 5.03. The molecule has 0 amide bonds. The van der Waals surface area contributed by atoms with Crippen molar-refractivity contribution in [3.8, 4) is 17.2 Å². The zero-order valence-electron chi connectivity index (χ0n) is 14.5. The van der Waals surface area contributed by atoms with Crippen molar-refractivity contribution >= 4 is 0 Å². The lowest BCUT2D eigenvalue weighted by Gasteiger charge is -2.19. The van der Waals surface area contributed by atoms with Crippen LogP contribution in [0.15, 0.2) is 36.4 Å². The average molecular weight is 315 g/mol. The van der Waals surface area contributed by atoms with Gasteiger partial charge in [-0.15, -0.1) is 0 Å². The van der Waals surface area contributed by atoms with E-state index >= 15 is 0 Å². The molecule has 0 aliphatic rings. The average Bonchev–Trinajstić information content (AvgIpc) is 2.58. The zero-order valence-corrected chi connectivity index (χ0v) is 14.5. The van der Waals surface area contributed by atoms with Crippen LogP contribution in [0.5, 0.6) is 17.2 Å². The molecule has 2 aromatic carbocycles. The van der Waals surface area contributed by atoms with Crippen molar-refractivity contribution in [2.75, 3.05) is 21.3 Å². The molecule has 4 heteroatoms. The number of aryl methyl sites for hydroxylation is 1. The van der Waals surface area contributed by atoms with Gasteiger partial charge in [-0.05, 0) is 37.1 Å². The lowest BCUT2D eigenvalue weighted by atomic mass is 10.1. The van der Waals surface area contributed by atoms with E-state index in [-0.39, 0.29) is 6.04 Å². The highest BCUT2D eigenvalue weighted by Gasteiger charge is 2.16. The smallest absolute Gasteiger partial charge is 0.203 e. The highest BCUT2D eigenvalue weighted by atomic mass is 16.5. The van der Waals surface area contributed by atoms with Crippen LogP contribution in [-0.4, -0.2) is 21.3 Å². The second-order valence-corrected chi connectivity index (χ2v) is 5.55. The highest BCUT2D eigenvalue weighted by Crippen LogP contribution is 2.39. The van der Waals surface area contributed by atoms with Crippen molar-refractivity contribution < 1.29 is 14.2 Å². The van der Waals surface area contributed by atoms with Gasteiger partial charge in [0.05, 0.1) is 21.3 Å². The van der Waals surface area contributed by atoms with Gasteiger partial charge in [-0.1, -0.05) is 29.8 Å². The lowest BCUT2D eigenvalue weighted by Crippen LogP contribution is -2.18. The Labute approximate surface area is 138 Å². The summed E-state index contributed by atoms with van der Waals surface area (Å²) >= 11 is 0. The Morgan fingerprint density at radius 1 is 0.957 bits per heavy atom. The van der Waals surface area contributed by atoms with E-state index in [1.807, 2.05) is 12.1 Å². The molecule has 0 spiro atoms. The summed E-state index contributed by atoms with van der Waals surface area (Å²) in [5.41, 5.74) is 3.63. The number of ether oxygens (including phenoxy) is 3. The second-order valence-electron chi connectivity index (χ2n) is 5.55. The maximum absolute atomic E-state index is 5.42. The Kier molecular flexibility index (Phi) is 5.88. The molecule has 0 fully saturated rings. The predicted octanol–water partition coefficient (Wildman–Crippen LogP) is 3.87. The standard InChI is InChI=1S/C19H25NO3/c1-13-7-6-8-15(9-13)12-20-14(2)16-10-17(21-3)19(23-5)18(11-16)22-4/h6-11,14,20H,12H2,1-5H3. The molecule has 2 rings (SSSR count). The van der Waals surface area contributed by atoms with Crippen molar-refractivity contribution in [1.29, 1.82) is 0 Å². The van der Waals surface area contributed by atoms with Gasteiger partial charge in [-0.2, -0.15) is 0 Å². The van der Waals surface area contributed by atoms with E-state index in [1.54, 1.807) is 21.3 Å². The van der Waals surface area contributed by atoms with Crippen LogP contribution in [0.4, 0.5) is 0 Å². The maximum Gasteiger partial charge on any atom is 0.203 e. The van der Waals surface area contributed by atoms with Crippen LogP contribution in [-0.2, 0) is 6.54 Å². The van der Waals surface area contributed by atoms with E-state index in [4.69, 9.17) is 14.2 Å². The van der Waals surface area contributed by atoms with Crippen LogP contribution in [0, 0.1) is 6.92 Å². The van der Waals surface area contributed by atoms with E-state index in [1.165, 1.54) is 11.1 Å². The van der Waals surface area contributed by atoms with Gasteiger partial charge < -0.3 is 19.5 Å². The van der Waals surface area contributed by atoms with Crippen molar-refractivity contribution in [2.24, 2.45) is 0 Å². The van der Waals surface area contributed by atoms with E-state index in [0.717, 1.165) is 12.1 Å². The SMILES string of the molecule is COc1cc(C(C)NCc2cccc(C)c2)cc(OC)c1OC. The number of hydrogen-bond donors (Lipinski definition) is 1. The molecule has 1 unspecified atom stereocenters. The molecule has 0 aliphatic heterocycles. The lowest BCUT2D eigenvalue weighted by molar-refractivity contribution is 0.323. The Hall–Kier alpha value is -2.20. The van der Waals surface area contributed by atoms with E-state index in [2.05, 4.69) is 43.4 Å². The molecular weight excluding hydrogens is 290 g/mol. The third kappa shape index (κ3) is 4.17. The fourth-order valence-electron chi connectivity index (χ4n) is 2.56. The summed E-state index contributed by atoms with van der Waals surface area (Å²) in [7, 11) is 4.87. The minimum atomic E-state index is 0.157. The number of nitrogens with one attached hydrogen (secondary N) is 1. The molecule has 0 bridgehead atoms. The topological polar surface area (TPSA) is 39.7 Å². The molecule has 2 aromatic rings. The van der Waals surface area contributed by atoms with Gasteiger partial charge in [0.15, 0.2) is 11.5 Å². The van der Waals surface area contributed by atoms with Crippen LogP contribution in [0.1, 0.15) is 29.7 Å². The highest BCUT2D eigenvalue weighted by molar-refractivity contribution is 5.54. The third-order valence-electron chi connectivity index (χ3n) is 3.88. The number of benzene rings is 2. The summed E-state index contributed by atoms with van der Waals surface area (Å²) in [5, 5.41) is 3.53. The first kappa shape index (κ1) is 17.2. The Morgan fingerprint density at radius 2 is 1.61 bits per heavy atom. The minimum Gasteiger partial charge on any atom is -0.493 e. The van der Waals surface area contributed by atoms with Gasteiger partial charge in [0.1, 0.15) is 0 Å². The molecule has 4 nitrogen and oxygen atoms in total. The van der Waals surface area contributed by atoms with Crippen molar-refractivity contribution in [2.45, 2.75) is 26.4 Å². The molecule has 0 heterocycles. The summed E-state index contributed by atoms with van der Waals surface area (Å²) < 4.78 is 16.2. The molecule has 1 N–H and O–H groups in total. The normalized spacial score (nSPS) is 11.9. The van der Waals surface area contributed by atoms with Crippen molar-refractivity contribution in [3.63, 3.8) is 0 Å². The Balaban J connectivity index is 2.16. The first-order chi connectivity index (χ1) is 11.1. The quantitative estimate of drug-likeness (QED) is 0.842.